The average molecular weight is 419 g/mol. The van der Waals surface area contributed by atoms with Crippen molar-refractivity contribution in [1.82, 2.24) is 14.8 Å². The number of thiocarbonyl (C=S) groups is 1. The second-order valence-corrected chi connectivity index (χ2v) is 11.5. The van der Waals surface area contributed by atoms with Gasteiger partial charge in [-0.25, -0.2) is 0 Å². The fourth-order valence-electron chi connectivity index (χ4n) is 4.28. The molecule has 2 amide bonds. The van der Waals surface area contributed by atoms with Gasteiger partial charge in [-0.05, 0) is 32.4 Å². The van der Waals surface area contributed by atoms with Gasteiger partial charge in [0.15, 0.2) is 9.74 Å². The number of aromatic nitrogens is 1. The first-order valence-corrected chi connectivity index (χ1v) is 10.5. The first-order valence-electron chi connectivity index (χ1n) is 8.47. The van der Waals surface area contributed by atoms with Crippen molar-refractivity contribution in [2.45, 2.75) is 43.0 Å². The van der Waals surface area contributed by atoms with E-state index in [1.807, 2.05) is 26.0 Å². The van der Waals surface area contributed by atoms with Crippen LogP contribution in [0, 0.1) is 23.7 Å². The summed E-state index contributed by atoms with van der Waals surface area (Å²) in [6, 6.07) is 5.58. The molecule has 0 N–H and O–H groups in total. The summed E-state index contributed by atoms with van der Waals surface area (Å²) in [5.41, 5.74) is 0.680. The number of amides is 2. The number of thioether (sulfide) groups is 2. The number of hydrogen-bond acceptors (Lipinski definition) is 7. The van der Waals surface area contributed by atoms with Crippen LogP contribution >= 0.6 is 35.7 Å². The topological polar surface area (TPSA) is 77.3 Å². The van der Waals surface area contributed by atoms with Crippen LogP contribution in [0.15, 0.2) is 18.3 Å². The number of pyridine rings is 1. The summed E-state index contributed by atoms with van der Waals surface area (Å²) in [5, 5.41) is 10.0. The number of nitriles is 1. The Bertz CT molecular complexity index is 930. The fraction of sp³-hybridized carbons (Fsp3) is 0.500. The van der Waals surface area contributed by atoms with Gasteiger partial charge < -0.3 is 9.80 Å². The van der Waals surface area contributed by atoms with E-state index < -0.39 is 21.2 Å². The second-order valence-electron chi connectivity index (χ2n) is 7.60. The SMILES string of the molecule is Cc1ccc(C2N3C(=O)[C@]4(C)SC(=S)S[C@@]3(C[C@]2(C)C#N)C(=O)N4C)cn1. The molecule has 140 valence electrons. The van der Waals surface area contributed by atoms with E-state index in [1.54, 1.807) is 25.1 Å². The molecule has 1 aromatic heterocycles. The molecule has 0 saturated carbocycles. The van der Waals surface area contributed by atoms with Gasteiger partial charge >= 0.3 is 0 Å². The summed E-state index contributed by atoms with van der Waals surface area (Å²) < 4.78 is 0.550. The lowest BCUT2D eigenvalue weighted by Gasteiger charge is -2.49. The molecule has 4 atom stereocenters. The molecular formula is C18H18N4O2S3. The number of carbonyl (C=O) groups is 2. The molecule has 9 heteroatoms. The monoisotopic (exact) mass is 418 g/mol. The van der Waals surface area contributed by atoms with Crippen molar-refractivity contribution < 1.29 is 9.59 Å². The molecule has 1 unspecified atom stereocenters. The molecule has 4 saturated heterocycles. The third kappa shape index (κ3) is 2.27. The van der Waals surface area contributed by atoms with Gasteiger partial charge in [0.2, 0.25) is 0 Å². The van der Waals surface area contributed by atoms with Gasteiger partial charge in [0.1, 0.15) is 3.53 Å². The Morgan fingerprint density at radius 3 is 2.59 bits per heavy atom. The second kappa shape index (κ2) is 5.69. The zero-order chi connectivity index (χ0) is 19.8. The smallest absolute Gasteiger partial charge is 0.261 e. The largest absolute Gasteiger partial charge is 0.320 e. The molecular weight excluding hydrogens is 400 g/mol. The van der Waals surface area contributed by atoms with Crippen LogP contribution in [0.25, 0.3) is 0 Å². The molecule has 4 aliphatic heterocycles. The molecule has 1 aromatic rings. The van der Waals surface area contributed by atoms with E-state index in [4.69, 9.17) is 12.2 Å². The van der Waals surface area contributed by atoms with Crippen molar-refractivity contribution in [2.75, 3.05) is 7.05 Å². The maximum atomic E-state index is 13.7. The molecule has 27 heavy (non-hydrogen) atoms. The van der Waals surface area contributed by atoms with Crippen LogP contribution in [0.4, 0.5) is 0 Å². The lowest BCUT2D eigenvalue weighted by Crippen LogP contribution is -2.69. The summed E-state index contributed by atoms with van der Waals surface area (Å²) >= 11 is 7.97. The van der Waals surface area contributed by atoms with Crippen molar-refractivity contribution in [1.29, 1.82) is 5.26 Å². The van der Waals surface area contributed by atoms with Gasteiger partial charge in [-0.1, -0.05) is 41.8 Å². The molecule has 0 radical (unpaired) electrons. The van der Waals surface area contributed by atoms with Crippen LogP contribution < -0.4 is 0 Å². The minimum Gasteiger partial charge on any atom is -0.320 e. The van der Waals surface area contributed by atoms with Crippen LogP contribution in [0.3, 0.4) is 0 Å². The van der Waals surface area contributed by atoms with E-state index in [0.717, 1.165) is 11.3 Å². The van der Waals surface area contributed by atoms with Crippen molar-refractivity contribution in [3.63, 3.8) is 0 Å². The van der Waals surface area contributed by atoms with E-state index in [1.165, 1.54) is 28.4 Å². The number of nitrogens with zero attached hydrogens (tertiary/aromatic N) is 4. The summed E-state index contributed by atoms with van der Waals surface area (Å²) in [6.07, 6.45) is 1.93. The first-order chi connectivity index (χ1) is 12.6. The van der Waals surface area contributed by atoms with Crippen LogP contribution in [0.2, 0.25) is 0 Å². The van der Waals surface area contributed by atoms with Crippen molar-refractivity contribution in [2.24, 2.45) is 5.41 Å². The Morgan fingerprint density at radius 2 is 2.00 bits per heavy atom. The highest BCUT2D eigenvalue weighted by atomic mass is 32.2. The molecule has 2 bridgehead atoms. The third-order valence-corrected chi connectivity index (χ3v) is 8.82. The number of fused-ring (bicyclic) bond motifs is 3. The van der Waals surface area contributed by atoms with Crippen molar-refractivity contribution in [3.8, 4) is 6.07 Å². The zero-order valence-electron chi connectivity index (χ0n) is 15.3. The maximum Gasteiger partial charge on any atom is 0.261 e. The first kappa shape index (κ1) is 18.7. The van der Waals surface area contributed by atoms with Crippen LogP contribution in [0.5, 0.6) is 0 Å². The van der Waals surface area contributed by atoms with Crippen molar-refractivity contribution >= 4 is 51.1 Å². The fourth-order valence-corrected chi connectivity index (χ4v) is 8.13. The Balaban J connectivity index is 1.99. The van der Waals surface area contributed by atoms with Gasteiger partial charge in [-0.2, -0.15) is 5.26 Å². The highest BCUT2D eigenvalue weighted by Gasteiger charge is 2.73. The van der Waals surface area contributed by atoms with Gasteiger partial charge in [-0.15, -0.1) is 0 Å². The minimum absolute atomic E-state index is 0.175. The lowest BCUT2D eigenvalue weighted by molar-refractivity contribution is -0.163. The summed E-state index contributed by atoms with van der Waals surface area (Å²) in [6.45, 7) is 5.42. The molecule has 4 aliphatic rings. The molecule has 6 nitrogen and oxygen atoms in total. The van der Waals surface area contributed by atoms with Gasteiger partial charge in [0, 0.05) is 25.4 Å². The van der Waals surface area contributed by atoms with E-state index in [-0.39, 0.29) is 18.2 Å². The third-order valence-electron chi connectivity index (χ3n) is 5.79. The van der Waals surface area contributed by atoms with Gasteiger partial charge in [0.05, 0.1) is 17.5 Å². The standard InChI is InChI=1S/C18H18N4O2S3/c1-10-5-6-11(7-20-10)12-16(2,9-19)8-18-14(24)21(4)17(3,13(23)22(12)18)26-15(25)27-18/h5-7,12H,8H2,1-4H3/t12?,16-,17+,18+/m1/s1. The summed E-state index contributed by atoms with van der Waals surface area (Å²) in [4.78, 5) is 32.3. The van der Waals surface area contributed by atoms with E-state index in [9.17, 15) is 14.9 Å². The molecule has 5 heterocycles. The highest BCUT2D eigenvalue weighted by molar-refractivity contribution is 8.48. The number of rotatable bonds is 1. The van der Waals surface area contributed by atoms with E-state index in [0.29, 0.717) is 3.53 Å². The van der Waals surface area contributed by atoms with E-state index >= 15 is 0 Å². The molecule has 0 aromatic carbocycles. The molecule has 4 fully saturated rings. The predicted molar refractivity (Wildman–Crippen MR) is 109 cm³/mol. The summed E-state index contributed by atoms with van der Waals surface area (Å²) in [5.74, 6) is -0.363. The Kier molecular flexibility index (Phi) is 3.94. The highest BCUT2D eigenvalue weighted by Crippen LogP contribution is 2.65. The van der Waals surface area contributed by atoms with Gasteiger partial charge in [-0.3, -0.25) is 14.6 Å². The lowest BCUT2D eigenvalue weighted by atomic mass is 9.80. The minimum atomic E-state index is -1.19. The molecule has 1 spiro atoms. The van der Waals surface area contributed by atoms with Crippen LogP contribution in [-0.4, -0.2) is 46.9 Å². The predicted octanol–water partition coefficient (Wildman–Crippen LogP) is 2.84. The zero-order valence-corrected chi connectivity index (χ0v) is 17.8. The normalized spacial score (nSPS) is 38.0. The van der Waals surface area contributed by atoms with Gasteiger partial charge in [0.25, 0.3) is 11.8 Å². The van der Waals surface area contributed by atoms with Crippen molar-refractivity contribution in [3.05, 3.63) is 29.6 Å². The van der Waals surface area contributed by atoms with Crippen LogP contribution in [0.1, 0.15) is 37.6 Å². The number of piperazine rings is 1. The number of hydrogen-bond donors (Lipinski definition) is 0. The molecule has 5 rings (SSSR count). The average Bonchev–Trinajstić information content (AvgIpc) is 2.81. The maximum absolute atomic E-state index is 13.7. The Morgan fingerprint density at radius 1 is 1.30 bits per heavy atom. The number of likely N-dealkylation sites (N-methyl/N-ethyl adjacent to an activating group) is 1. The number of carbonyl (C=O) groups excluding carboxylic acids is 2. The summed E-state index contributed by atoms with van der Waals surface area (Å²) in [7, 11) is 1.64. The number of aryl methyl sites for hydroxylation is 1. The Hall–Kier alpha value is -1.63. The Labute approximate surface area is 171 Å². The van der Waals surface area contributed by atoms with Crippen LogP contribution in [-0.2, 0) is 9.59 Å². The van der Waals surface area contributed by atoms with E-state index in [2.05, 4.69) is 11.1 Å². The quantitative estimate of drug-likeness (QED) is 0.649. The molecule has 0 aliphatic carbocycles.